The number of H-pyrrole nitrogens is 1. The quantitative estimate of drug-likeness (QED) is 0.844. The lowest BCUT2D eigenvalue weighted by Crippen LogP contribution is -2.25. The van der Waals surface area contributed by atoms with Gasteiger partial charge in [0.25, 0.3) is 5.56 Å². The van der Waals surface area contributed by atoms with Gasteiger partial charge in [-0.25, -0.2) is 0 Å². The molecule has 2 N–H and O–H groups in total. The molecule has 3 rings (SSSR count). The van der Waals surface area contributed by atoms with E-state index in [1.165, 1.54) is 25.7 Å². The number of hydrogen-bond acceptors (Lipinski definition) is 5. The van der Waals surface area contributed by atoms with Gasteiger partial charge >= 0.3 is 0 Å². The van der Waals surface area contributed by atoms with Crippen LogP contribution in [-0.4, -0.2) is 21.2 Å². The summed E-state index contributed by atoms with van der Waals surface area (Å²) < 4.78 is 5.22. The fourth-order valence-electron chi connectivity index (χ4n) is 2.74. The van der Waals surface area contributed by atoms with Crippen molar-refractivity contribution in [1.82, 2.24) is 15.2 Å². The number of nitrogens with zero attached hydrogens (tertiary/aromatic N) is 2. The first-order chi connectivity index (χ1) is 10.3. The summed E-state index contributed by atoms with van der Waals surface area (Å²) in [6, 6.07) is 3.99. The molecular formula is C15H20N4O2. The predicted molar refractivity (Wildman–Crippen MR) is 79.3 cm³/mol. The Hall–Kier alpha value is -2.11. The third kappa shape index (κ3) is 3.71. The monoisotopic (exact) mass is 288 g/mol. The van der Waals surface area contributed by atoms with Crippen molar-refractivity contribution in [3.63, 3.8) is 0 Å². The average molecular weight is 288 g/mol. The summed E-state index contributed by atoms with van der Waals surface area (Å²) >= 11 is 0. The van der Waals surface area contributed by atoms with Gasteiger partial charge < -0.3 is 9.73 Å². The molecule has 0 aliphatic heterocycles. The zero-order valence-electron chi connectivity index (χ0n) is 12.0. The van der Waals surface area contributed by atoms with Gasteiger partial charge in [-0.1, -0.05) is 25.7 Å². The lowest BCUT2D eigenvalue weighted by Gasteiger charge is -2.15. The van der Waals surface area contributed by atoms with Crippen molar-refractivity contribution in [3.8, 4) is 0 Å². The molecule has 0 radical (unpaired) electrons. The molecule has 0 spiro atoms. The highest BCUT2D eigenvalue weighted by Crippen LogP contribution is 2.19. The molecule has 0 unspecified atom stereocenters. The van der Waals surface area contributed by atoms with Gasteiger partial charge in [0.15, 0.2) is 0 Å². The zero-order chi connectivity index (χ0) is 14.5. The minimum absolute atomic E-state index is 0.211. The summed E-state index contributed by atoms with van der Waals surface area (Å²) in [7, 11) is 0. The van der Waals surface area contributed by atoms with Gasteiger partial charge in [0.05, 0.1) is 12.7 Å². The van der Waals surface area contributed by atoms with Crippen molar-refractivity contribution in [2.75, 3.05) is 5.32 Å². The Morgan fingerprint density at radius 3 is 2.71 bits per heavy atom. The molecule has 2 heterocycles. The zero-order valence-corrected chi connectivity index (χ0v) is 12.0. The van der Waals surface area contributed by atoms with Crippen molar-refractivity contribution in [2.45, 2.75) is 51.0 Å². The lowest BCUT2D eigenvalue weighted by molar-refractivity contribution is 0.517. The van der Waals surface area contributed by atoms with Gasteiger partial charge in [0.1, 0.15) is 11.5 Å². The molecule has 0 amide bonds. The van der Waals surface area contributed by atoms with E-state index in [1.807, 2.05) is 6.07 Å². The summed E-state index contributed by atoms with van der Waals surface area (Å²) in [5.41, 5.74) is 0.161. The van der Waals surface area contributed by atoms with Crippen LogP contribution >= 0.6 is 0 Å². The maximum atomic E-state index is 12.0. The van der Waals surface area contributed by atoms with Crippen LogP contribution in [-0.2, 0) is 6.42 Å². The number of nitrogens with one attached hydrogen (secondary N) is 2. The third-order valence-corrected chi connectivity index (χ3v) is 3.88. The van der Waals surface area contributed by atoms with Gasteiger partial charge in [0.2, 0.25) is 5.95 Å². The van der Waals surface area contributed by atoms with Crippen LogP contribution in [0.5, 0.6) is 0 Å². The standard InChI is InChI=1S/C15H20N4O2/c20-14-13(10-12-8-5-9-21-12)18-19-15(17-14)16-11-6-3-1-2-4-7-11/h5,8-9,11H,1-4,6-7,10H2,(H2,16,17,19,20). The van der Waals surface area contributed by atoms with Crippen LogP contribution in [0.3, 0.4) is 0 Å². The second-order valence-corrected chi connectivity index (χ2v) is 5.54. The van der Waals surface area contributed by atoms with Crippen molar-refractivity contribution >= 4 is 5.95 Å². The number of aromatic amines is 1. The van der Waals surface area contributed by atoms with Gasteiger partial charge in [0, 0.05) is 6.04 Å². The largest absolute Gasteiger partial charge is 0.469 e. The Kier molecular flexibility index (Phi) is 4.33. The Bertz CT molecular complexity index is 613. The summed E-state index contributed by atoms with van der Waals surface area (Å²) in [5.74, 6) is 1.18. The second-order valence-electron chi connectivity index (χ2n) is 5.54. The van der Waals surface area contributed by atoms with E-state index in [4.69, 9.17) is 4.42 Å². The molecular weight excluding hydrogens is 268 g/mol. The Balaban J connectivity index is 1.67. The Labute approximate surface area is 123 Å². The topological polar surface area (TPSA) is 83.8 Å². The molecule has 1 saturated carbocycles. The number of aromatic nitrogens is 3. The van der Waals surface area contributed by atoms with Crippen LogP contribution in [0.1, 0.15) is 50.0 Å². The first-order valence-electron chi connectivity index (χ1n) is 7.56. The number of rotatable bonds is 4. The summed E-state index contributed by atoms with van der Waals surface area (Å²) in [4.78, 5) is 14.8. The van der Waals surface area contributed by atoms with Crippen LogP contribution in [0.25, 0.3) is 0 Å². The number of anilines is 1. The highest BCUT2D eigenvalue weighted by atomic mass is 16.3. The molecule has 0 bridgehead atoms. The van der Waals surface area contributed by atoms with Gasteiger partial charge in [-0.05, 0) is 25.0 Å². The van der Waals surface area contributed by atoms with E-state index in [0.29, 0.717) is 29.9 Å². The lowest BCUT2D eigenvalue weighted by atomic mass is 10.1. The minimum Gasteiger partial charge on any atom is -0.469 e. The van der Waals surface area contributed by atoms with Gasteiger partial charge in [-0.2, -0.15) is 0 Å². The smallest absolute Gasteiger partial charge is 0.274 e. The van der Waals surface area contributed by atoms with Gasteiger partial charge in [-0.15, -0.1) is 10.2 Å². The van der Waals surface area contributed by atoms with Crippen molar-refractivity contribution in [2.24, 2.45) is 0 Å². The van der Waals surface area contributed by atoms with Crippen LogP contribution in [0, 0.1) is 0 Å². The van der Waals surface area contributed by atoms with Crippen LogP contribution in [0.4, 0.5) is 5.95 Å². The molecule has 0 atom stereocenters. The molecule has 0 saturated heterocycles. The molecule has 1 aliphatic rings. The predicted octanol–water partition coefficient (Wildman–Crippen LogP) is 2.48. The van der Waals surface area contributed by atoms with E-state index >= 15 is 0 Å². The van der Waals surface area contributed by atoms with Crippen molar-refractivity contribution < 1.29 is 4.42 Å². The summed E-state index contributed by atoms with van der Waals surface area (Å²) in [5, 5.41) is 11.4. The molecule has 1 aliphatic carbocycles. The minimum atomic E-state index is -0.211. The van der Waals surface area contributed by atoms with E-state index in [-0.39, 0.29) is 5.56 Å². The highest BCUT2D eigenvalue weighted by Gasteiger charge is 2.14. The van der Waals surface area contributed by atoms with E-state index in [1.54, 1.807) is 12.3 Å². The Morgan fingerprint density at radius 2 is 2.05 bits per heavy atom. The van der Waals surface area contributed by atoms with Gasteiger partial charge in [-0.3, -0.25) is 9.78 Å². The molecule has 2 aromatic rings. The first kappa shape index (κ1) is 13.9. The fourth-order valence-corrected chi connectivity index (χ4v) is 2.74. The molecule has 21 heavy (non-hydrogen) atoms. The van der Waals surface area contributed by atoms with Crippen LogP contribution in [0.15, 0.2) is 27.6 Å². The first-order valence-corrected chi connectivity index (χ1v) is 7.56. The summed E-state index contributed by atoms with van der Waals surface area (Å²) in [6.45, 7) is 0. The van der Waals surface area contributed by atoms with Crippen molar-refractivity contribution in [1.29, 1.82) is 0 Å². The van der Waals surface area contributed by atoms with Crippen LogP contribution in [0.2, 0.25) is 0 Å². The maximum absolute atomic E-state index is 12.0. The molecule has 0 aromatic carbocycles. The Morgan fingerprint density at radius 1 is 1.24 bits per heavy atom. The molecule has 112 valence electrons. The molecule has 1 fully saturated rings. The van der Waals surface area contributed by atoms with Crippen LogP contribution < -0.4 is 10.9 Å². The van der Waals surface area contributed by atoms with E-state index < -0.39 is 0 Å². The normalized spacial score (nSPS) is 16.6. The van der Waals surface area contributed by atoms with E-state index in [0.717, 1.165) is 12.8 Å². The SMILES string of the molecule is O=c1[nH]c(NC2CCCCCC2)nnc1Cc1ccco1. The van der Waals surface area contributed by atoms with E-state index in [9.17, 15) is 4.79 Å². The number of furan rings is 1. The molecule has 2 aromatic heterocycles. The summed E-state index contributed by atoms with van der Waals surface area (Å²) in [6.07, 6.45) is 9.23. The van der Waals surface area contributed by atoms with Crippen molar-refractivity contribution in [3.05, 3.63) is 40.2 Å². The number of hydrogen-bond donors (Lipinski definition) is 2. The highest BCUT2D eigenvalue weighted by molar-refractivity contribution is 5.24. The molecule has 6 nitrogen and oxygen atoms in total. The maximum Gasteiger partial charge on any atom is 0.274 e. The van der Waals surface area contributed by atoms with E-state index in [2.05, 4.69) is 20.5 Å². The second kappa shape index (κ2) is 6.56. The third-order valence-electron chi connectivity index (χ3n) is 3.88. The average Bonchev–Trinajstić information content (AvgIpc) is 2.85. The fraction of sp³-hybridized carbons (Fsp3) is 0.533. The molecule has 6 heteroatoms.